The van der Waals surface area contributed by atoms with E-state index in [1.165, 1.54) is 16.7 Å². The molecule has 4 aromatic carbocycles. The Bertz CT molecular complexity index is 1400. The SMILES string of the molecule is O=C(O)c1ccc2c(c1)C(SCCN1CCN(C(c3ccccc3)c3ccccc3)CC1)c1ccccc1CO2. The molecule has 0 amide bonds. The summed E-state index contributed by atoms with van der Waals surface area (Å²) in [4.78, 5) is 16.9. The molecule has 2 aliphatic heterocycles. The molecule has 1 atom stereocenters. The number of aromatic carboxylic acids is 1. The van der Waals surface area contributed by atoms with Gasteiger partial charge >= 0.3 is 5.97 Å². The van der Waals surface area contributed by atoms with Gasteiger partial charge in [0.15, 0.2) is 0 Å². The van der Waals surface area contributed by atoms with Crippen LogP contribution in [-0.4, -0.2) is 59.4 Å². The number of hydrogen-bond donors (Lipinski definition) is 1. The number of piperazine rings is 1. The molecule has 4 aromatic rings. The van der Waals surface area contributed by atoms with Gasteiger partial charge in [-0.3, -0.25) is 9.80 Å². The second kappa shape index (κ2) is 12.3. The van der Waals surface area contributed by atoms with Crippen molar-refractivity contribution in [2.75, 3.05) is 38.5 Å². The van der Waals surface area contributed by atoms with Crippen molar-refractivity contribution in [1.29, 1.82) is 0 Å². The summed E-state index contributed by atoms with van der Waals surface area (Å²) in [5.74, 6) is 0.822. The molecular weight excluding hydrogens is 516 g/mol. The maximum Gasteiger partial charge on any atom is 0.335 e. The number of ether oxygens (including phenoxy) is 1. The van der Waals surface area contributed by atoms with Crippen LogP contribution in [0.1, 0.15) is 49.5 Å². The zero-order valence-corrected chi connectivity index (χ0v) is 23.3. The summed E-state index contributed by atoms with van der Waals surface area (Å²) in [6.45, 7) is 5.58. The predicted octanol–water partition coefficient (Wildman–Crippen LogP) is 6.51. The Morgan fingerprint density at radius 1 is 0.825 bits per heavy atom. The van der Waals surface area contributed by atoms with Gasteiger partial charge in [-0.15, -0.1) is 11.8 Å². The van der Waals surface area contributed by atoms with Crippen LogP contribution >= 0.6 is 11.8 Å². The Hall–Kier alpha value is -3.58. The Morgan fingerprint density at radius 2 is 1.48 bits per heavy atom. The van der Waals surface area contributed by atoms with Crippen LogP contribution in [0.2, 0.25) is 0 Å². The molecule has 40 heavy (non-hydrogen) atoms. The Kier molecular flexibility index (Phi) is 8.19. The maximum absolute atomic E-state index is 11.7. The normalized spacial score (nSPS) is 17.5. The fourth-order valence-electron chi connectivity index (χ4n) is 5.87. The number of carboxylic acid groups (broad SMARTS) is 1. The molecule has 1 fully saturated rings. The summed E-state index contributed by atoms with van der Waals surface area (Å²) in [6.07, 6.45) is 0. The number of thioether (sulfide) groups is 1. The molecule has 1 N–H and O–H groups in total. The van der Waals surface area contributed by atoms with Gasteiger partial charge in [0.25, 0.3) is 0 Å². The number of carboxylic acids is 1. The highest BCUT2D eigenvalue weighted by Crippen LogP contribution is 2.44. The zero-order valence-electron chi connectivity index (χ0n) is 22.5. The lowest BCUT2D eigenvalue weighted by molar-refractivity contribution is 0.0696. The summed E-state index contributed by atoms with van der Waals surface area (Å²) in [7, 11) is 0. The Balaban J connectivity index is 1.13. The highest BCUT2D eigenvalue weighted by Gasteiger charge is 2.28. The Labute approximate surface area is 240 Å². The number of benzene rings is 4. The van der Waals surface area contributed by atoms with Crippen LogP contribution in [-0.2, 0) is 6.61 Å². The molecule has 0 saturated carbocycles. The molecule has 2 aliphatic rings. The van der Waals surface area contributed by atoms with E-state index in [2.05, 4.69) is 88.7 Å². The number of carbonyl (C=O) groups is 1. The fraction of sp³-hybridized carbons (Fsp3) is 0.265. The first-order valence-corrected chi connectivity index (χ1v) is 15.0. The molecule has 204 valence electrons. The molecule has 1 unspecified atom stereocenters. The van der Waals surface area contributed by atoms with Crippen LogP contribution in [0.5, 0.6) is 5.75 Å². The zero-order chi connectivity index (χ0) is 27.3. The highest BCUT2D eigenvalue weighted by molar-refractivity contribution is 7.99. The number of rotatable bonds is 8. The molecule has 0 radical (unpaired) electrons. The van der Waals surface area contributed by atoms with E-state index < -0.39 is 5.97 Å². The van der Waals surface area contributed by atoms with E-state index in [-0.39, 0.29) is 11.3 Å². The van der Waals surface area contributed by atoms with Gasteiger partial charge in [-0.1, -0.05) is 84.9 Å². The first kappa shape index (κ1) is 26.6. The van der Waals surface area contributed by atoms with E-state index in [9.17, 15) is 9.90 Å². The molecule has 6 rings (SSSR count). The van der Waals surface area contributed by atoms with E-state index in [0.717, 1.165) is 55.4 Å². The second-order valence-corrected chi connectivity index (χ2v) is 11.6. The average Bonchev–Trinajstić information content (AvgIpc) is 3.16. The fourth-order valence-corrected chi connectivity index (χ4v) is 7.24. The summed E-state index contributed by atoms with van der Waals surface area (Å²) < 4.78 is 6.12. The molecule has 0 aliphatic carbocycles. The van der Waals surface area contributed by atoms with Crippen molar-refractivity contribution in [2.45, 2.75) is 17.9 Å². The van der Waals surface area contributed by atoms with Crippen molar-refractivity contribution in [3.05, 3.63) is 137 Å². The van der Waals surface area contributed by atoms with Crippen molar-refractivity contribution in [3.63, 3.8) is 0 Å². The summed E-state index contributed by atoms with van der Waals surface area (Å²) >= 11 is 1.88. The third-order valence-electron chi connectivity index (χ3n) is 7.95. The summed E-state index contributed by atoms with van der Waals surface area (Å²) in [5, 5.41) is 9.67. The van der Waals surface area contributed by atoms with Crippen LogP contribution in [0.4, 0.5) is 0 Å². The largest absolute Gasteiger partial charge is 0.489 e. The van der Waals surface area contributed by atoms with Gasteiger partial charge in [0.2, 0.25) is 0 Å². The molecule has 0 spiro atoms. The van der Waals surface area contributed by atoms with Gasteiger partial charge in [-0.05, 0) is 40.5 Å². The van der Waals surface area contributed by atoms with Crippen molar-refractivity contribution in [2.24, 2.45) is 0 Å². The van der Waals surface area contributed by atoms with E-state index in [1.807, 2.05) is 23.9 Å². The van der Waals surface area contributed by atoms with Gasteiger partial charge in [0.05, 0.1) is 16.9 Å². The minimum atomic E-state index is -0.911. The lowest BCUT2D eigenvalue weighted by Gasteiger charge is -2.40. The van der Waals surface area contributed by atoms with Crippen molar-refractivity contribution < 1.29 is 14.6 Å². The molecule has 0 aromatic heterocycles. The summed E-state index contributed by atoms with van der Waals surface area (Å²) in [6, 6.07) is 35.5. The molecule has 2 heterocycles. The van der Waals surface area contributed by atoms with Gasteiger partial charge in [0.1, 0.15) is 12.4 Å². The van der Waals surface area contributed by atoms with Crippen LogP contribution in [0, 0.1) is 0 Å². The number of nitrogens with zero attached hydrogens (tertiary/aromatic N) is 2. The van der Waals surface area contributed by atoms with E-state index >= 15 is 0 Å². The Morgan fingerprint density at radius 3 is 2.15 bits per heavy atom. The smallest absolute Gasteiger partial charge is 0.335 e. The first-order valence-electron chi connectivity index (χ1n) is 13.9. The number of fused-ring (bicyclic) bond motifs is 2. The minimum absolute atomic E-state index is 0.0369. The van der Waals surface area contributed by atoms with Crippen molar-refractivity contribution >= 4 is 17.7 Å². The standard InChI is InChI=1S/C34H34N2O3S/c37-34(38)27-15-16-31-30(23-27)33(29-14-8-7-13-28(29)24-39-31)40-22-21-35-17-19-36(20-18-35)32(25-9-3-1-4-10-25)26-11-5-2-6-12-26/h1-16,23,32-33H,17-22,24H2,(H,37,38). The number of hydrogen-bond acceptors (Lipinski definition) is 5. The lowest BCUT2D eigenvalue weighted by Crippen LogP contribution is -2.48. The van der Waals surface area contributed by atoms with Gasteiger partial charge in [-0.25, -0.2) is 4.79 Å². The topological polar surface area (TPSA) is 53.0 Å². The average molecular weight is 551 g/mol. The third-order valence-corrected chi connectivity index (χ3v) is 9.21. The molecule has 6 heteroatoms. The third kappa shape index (κ3) is 5.80. The van der Waals surface area contributed by atoms with Crippen LogP contribution in [0.3, 0.4) is 0 Å². The van der Waals surface area contributed by atoms with Gasteiger partial charge in [0, 0.05) is 44.0 Å². The minimum Gasteiger partial charge on any atom is -0.489 e. The van der Waals surface area contributed by atoms with E-state index in [1.54, 1.807) is 12.1 Å². The lowest BCUT2D eigenvalue weighted by atomic mass is 9.96. The second-order valence-electron chi connectivity index (χ2n) is 10.4. The maximum atomic E-state index is 11.7. The quantitative estimate of drug-likeness (QED) is 0.270. The van der Waals surface area contributed by atoms with Crippen LogP contribution in [0.25, 0.3) is 0 Å². The van der Waals surface area contributed by atoms with Crippen LogP contribution < -0.4 is 4.74 Å². The van der Waals surface area contributed by atoms with E-state index in [0.29, 0.717) is 12.2 Å². The van der Waals surface area contributed by atoms with Crippen molar-refractivity contribution in [3.8, 4) is 5.75 Å². The van der Waals surface area contributed by atoms with Gasteiger partial charge in [-0.2, -0.15) is 0 Å². The predicted molar refractivity (Wildman–Crippen MR) is 161 cm³/mol. The summed E-state index contributed by atoms with van der Waals surface area (Å²) in [5.41, 5.74) is 6.31. The van der Waals surface area contributed by atoms with E-state index in [4.69, 9.17) is 4.74 Å². The molecular formula is C34H34N2O3S. The molecule has 0 bridgehead atoms. The highest BCUT2D eigenvalue weighted by atomic mass is 32.2. The first-order chi connectivity index (χ1) is 19.7. The monoisotopic (exact) mass is 550 g/mol. The molecule has 1 saturated heterocycles. The van der Waals surface area contributed by atoms with Crippen LogP contribution in [0.15, 0.2) is 103 Å². The van der Waals surface area contributed by atoms with Gasteiger partial charge < -0.3 is 9.84 Å². The van der Waals surface area contributed by atoms with Crippen molar-refractivity contribution in [1.82, 2.24) is 9.80 Å². The molecule has 5 nitrogen and oxygen atoms in total.